The molecule has 3 aromatic carbocycles. The van der Waals surface area contributed by atoms with Gasteiger partial charge in [0.2, 0.25) is 3.57 Å². The summed E-state index contributed by atoms with van der Waals surface area (Å²) in [7, 11) is -4.39. The number of fused-ring (bicyclic) bond motifs is 1. The molecule has 0 aliphatic heterocycles. The van der Waals surface area contributed by atoms with Crippen LogP contribution in [0.1, 0.15) is 0 Å². The molecule has 0 aromatic heterocycles. The van der Waals surface area contributed by atoms with E-state index in [4.69, 9.17) is 17.7 Å². The lowest BCUT2D eigenvalue weighted by molar-refractivity contribution is -0.595. The fourth-order valence-electron chi connectivity index (χ4n) is 2.02. The van der Waals surface area contributed by atoms with E-state index in [0.717, 1.165) is 5.75 Å². The zero-order valence-corrected chi connectivity index (χ0v) is 16.9. The average molecular weight is 510 g/mol. The first kappa shape index (κ1) is 21.5. The number of alkyl halides is 3. The predicted molar refractivity (Wildman–Crippen MR) is 90.1 cm³/mol. The fourth-order valence-corrected chi connectivity index (χ4v) is 4.58. The summed E-state index contributed by atoms with van der Waals surface area (Å²) >= 11 is -0.147. The standard InChI is InChI=1S/C17H14IO.CHF3O3S/c1-19-15-11-9-14(10-12-15)18-17-8-4-6-13-5-2-3-7-16(13)17;2-1(3,4)8(5,6)7/h2-12H,1H3;(H,5,6,7)/q+1;/p-1. The quantitative estimate of drug-likeness (QED) is 0.300. The average Bonchev–Trinajstić information content (AvgIpc) is 2.61. The van der Waals surface area contributed by atoms with Gasteiger partial charge in [0, 0.05) is 5.39 Å². The Kier molecular flexibility index (Phi) is 7.06. The van der Waals surface area contributed by atoms with Crippen molar-refractivity contribution in [3.05, 3.63) is 73.9 Å². The molecule has 9 heteroatoms. The summed E-state index contributed by atoms with van der Waals surface area (Å²) in [6.07, 6.45) is 0. The minimum Gasteiger partial charge on any atom is -0.741 e. The van der Waals surface area contributed by atoms with E-state index >= 15 is 0 Å². The van der Waals surface area contributed by atoms with Crippen LogP contribution in [-0.2, 0) is 10.1 Å². The third kappa shape index (κ3) is 6.08. The second-order valence-corrected chi connectivity index (χ2v) is 9.43. The molecule has 0 N–H and O–H groups in total. The Balaban J connectivity index is 0.000000279. The Labute approximate surface area is 165 Å². The van der Waals surface area contributed by atoms with Crippen LogP contribution >= 0.6 is 0 Å². The maximum atomic E-state index is 10.7. The lowest BCUT2D eigenvalue weighted by Gasteiger charge is -2.08. The van der Waals surface area contributed by atoms with Gasteiger partial charge in [-0.15, -0.1) is 0 Å². The summed E-state index contributed by atoms with van der Waals surface area (Å²) in [6, 6.07) is 23.6. The van der Waals surface area contributed by atoms with Crippen LogP contribution in [0.25, 0.3) is 10.8 Å². The SMILES string of the molecule is COc1ccc([I+]c2cccc3ccccc23)cc1.O=S(=O)([O-])C(F)(F)F. The summed E-state index contributed by atoms with van der Waals surface area (Å²) in [5, 5.41) is 2.71. The second-order valence-electron chi connectivity index (χ2n) is 5.11. The van der Waals surface area contributed by atoms with Crippen LogP contribution in [0.15, 0.2) is 66.7 Å². The Bertz CT molecular complexity index is 998. The highest BCUT2D eigenvalue weighted by Gasteiger charge is 2.36. The zero-order chi connectivity index (χ0) is 20.1. The predicted octanol–water partition coefficient (Wildman–Crippen LogP) is 1.03. The molecule has 4 nitrogen and oxygen atoms in total. The molecule has 0 heterocycles. The molecule has 144 valence electrons. The Morgan fingerprint density at radius 3 is 2.04 bits per heavy atom. The van der Waals surface area contributed by atoms with Crippen molar-refractivity contribution in [2.24, 2.45) is 0 Å². The number of rotatable bonds is 3. The van der Waals surface area contributed by atoms with Crippen LogP contribution in [-0.4, -0.2) is 25.6 Å². The normalized spacial score (nSPS) is 11.6. The van der Waals surface area contributed by atoms with Gasteiger partial charge in [0.1, 0.15) is 5.75 Å². The smallest absolute Gasteiger partial charge is 0.485 e. The molecule has 0 atom stereocenters. The van der Waals surface area contributed by atoms with E-state index in [1.807, 2.05) is 12.1 Å². The van der Waals surface area contributed by atoms with Gasteiger partial charge in [-0.2, -0.15) is 13.2 Å². The molecule has 0 saturated heterocycles. The monoisotopic (exact) mass is 510 g/mol. The highest BCUT2D eigenvalue weighted by Crippen LogP contribution is 2.20. The highest BCUT2D eigenvalue weighted by atomic mass is 127. The van der Waals surface area contributed by atoms with E-state index < -0.39 is 15.6 Å². The molecule has 3 rings (SSSR count). The van der Waals surface area contributed by atoms with Crippen molar-refractivity contribution in [1.29, 1.82) is 0 Å². The molecule has 27 heavy (non-hydrogen) atoms. The Morgan fingerprint density at radius 2 is 1.48 bits per heavy atom. The van der Waals surface area contributed by atoms with E-state index in [1.54, 1.807) is 7.11 Å². The molecule has 3 aromatic rings. The Hall–Kier alpha value is -1.85. The largest absolute Gasteiger partial charge is 0.741 e. The number of ether oxygens (including phenoxy) is 1. The molecule has 0 saturated carbocycles. The van der Waals surface area contributed by atoms with Gasteiger partial charge in [0.25, 0.3) is 0 Å². The topological polar surface area (TPSA) is 66.4 Å². The molecule has 0 fully saturated rings. The lowest BCUT2D eigenvalue weighted by atomic mass is 10.1. The summed E-state index contributed by atoms with van der Waals surface area (Å²) in [5.41, 5.74) is -5.65. The van der Waals surface area contributed by atoms with Crippen LogP contribution < -0.4 is 25.9 Å². The summed E-state index contributed by atoms with van der Waals surface area (Å²) in [5.74, 6) is 0.922. The van der Waals surface area contributed by atoms with Crippen molar-refractivity contribution in [3.8, 4) is 5.75 Å². The molecule has 0 aliphatic carbocycles. The van der Waals surface area contributed by atoms with E-state index in [-0.39, 0.29) is 21.2 Å². The van der Waals surface area contributed by atoms with Gasteiger partial charge in [-0.25, -0.2) is 8.42 Å². The summed E-state index contributed by atoms with van der Waals surface area (Å²) in [6.45, 7) is 0. The Morgan fingerprint density at radius 1 is 0.926 bits per heavy atom. The van der Waals surface area contributed by atoms with Gasteiger partial charge >= 0.3 is 26.7 Å². The number of hydrogen-bond donors (Lipinski definition) is 0. The van der Waals surface area contributed by atoms with Gasteiger partial charge < -0.3 is 9.29 Å². The van der Waals surface area contributed by atoms with Crippen molar-refractivity contribution in [3.63, 3.8) is 0 Å². The number of methoxy groups -OCH3 is 1. The van der Waals surface area contributed by atoms with Crippen molar-refractivity contribution in [2.45, 2.75) is 5.51 Å². The van der Waals surface area contributed by atoms with Gasteiger partial charge in [-0.05, 0) is 41.8 Å². The van der Waals surface area contributed by atoms with Gasteiger partial charge in [-0.1, -0.05) is 30.3 Å². The van der Waals surface area contributed by atoms with Crippen molar-refractivity contribution in [2.75, 3.05) is 7.11 Å². The summed E-state index contributed by atoms with van der Waals surface area (Å²) in [4.78, 5) is 0. The van der Waals surface area contributed by atoms with Crippen LogP contribution in [0.3, 0.4) is 0 Å². The maximum absolute atomic E-state index is 10.7. The van der Waals surface area contributed by atoms with Crippen molar-refractivity contribution < 1.29 is 52.1 Å². The van der Waals surface area contributed by atoms with Crippen LogP contribution in [0.5, 0.6) is 5.75 Å². The van der Waals surface area contributed by atoms with E-state index in [2.05, 4.69) is 54.6 Å². The van der Waals surface area contributed by atoms with Crippen LogP contribution in [0, 0.1) is 7.14 Å². The molecule has 0 spiro atoms. The first-order valence-electron chi connectivity index (χ1n) is 7.40. The van der Waals surface area contributed by atoms with E-state index in [9.17, 15) is 13.2 Å². The van der Waals surface area contributed by atoms with Crippen LogP contribution in [0.4, 0.5) is 13.2 Å². The van der Waals surface area contributed by atoms with E-state index in [0.29, 0.717) is 0 Å². The first-order valence-corrected chi connectivity index (χ1v) is 11.0. The number of hydrogen-bond acceptors (Lipinski definition) is 4. The molecule has 0 aliphatic rings. The first-order chi connectivity index (χ1) is 12.6. The van der Waals surface area contributed by atoms with Crippen molar-refractivity contribution in [1.82, 2.24) is 0 Å². The molecule has 0 unspecified atom stereocenters. The fraction of sp³-hybridized carbons (Fsp3) is 0.111. The minimum atomic E-state index is -6.09. The maximum Gasteiger partial charge on any atom is 0.485 e. The van der Waals surface area contributed by atoms with E-state index in [1.165, 1.54) is 17.9 Å². The lowest BCUT2D eigenvalue weighted by Crippen LogP contribution is -3.61. The minimum absolute atomic E-state index is 0.147. The summed E-state index contributed by atoms with van der Waals surface area (Å²) < 4.78 is 67.0. The third-order valence-electron chi connectivity index (χ3n) is 3.28. The molecular formula is C18H14F3IO4S. The molecule has 0 bridgehead atoms. The third-order valence-corrected chi connectivity index (χ3v) is 6.71. The van der Waals surface area contributed by atoms with Crippen molar-refractivity contribution >= 4 is 20.9 Å². The van der Waals surface area contributed by atoms with Gasteiger partial charge in [-0.3, -0.25) is 0 Å². The zero-order valence-electron chi connectivity index (χ0n) is 13.9. The van der Waals surface area contributed by atoms with Crippen LogP contribution in [0.2, 0.25) is 0 Å². The van der Waals surface area contributed by atoms with Gasteiger partial charge in [0.05, 0.1) is 7.11 Å². The molecule has 0 amide bonds. The number of benzene rings is 3. The molecular weight excluding hydrogens is 496 g/mol. The molecule has 0 radical (unpaired) electrons. The van der Waals surface area contributed by atoms with Gasteiger partial charge in [0.15, 0.2) is 13.7 Å². The highest BCUT2D eigenvalue weighted by molar-refractivity contribution is 7.86. The second kappa shape index (κ2) is 8.89. The number of halogens is 4.